The van der Waals surface area contributed by atoms with E-state index in [1.807, 2.05) is 24.3 Å². The van der Waals surface area contributed by atoms with Crippen molar-refractivity contribution in [2.45, 2.75) is 0 Å². The molecule has 0 bridgehead atoms. The Morgan fingerprint density at radius 3 is 2.83 bits per heavy atom. The molecule has 0 saturated heterocycles. The predicted octanol–water partition coefficient (Wildman–Crippen LogP) is 3.56. The first-order valence-electron chi connectivity index (χ1n) is 3.45. The van der Waals surface area contributed by atoms with Crippen molar-refractivity contribution >= 4 is 37.9 Å². The Labute approximate surface area is 88.4 Å². The molecule has 0 radical (unpaired) electrons. The van der Waals surface area contributed by atoms with Gasteiger partial charge in [-0.1, -0.05) is 40.2 Å². The summed E-state index contributed by atoms with van der Waals surface area (Å²) in [5, 5.41) is 10.1. The lowest BCUT2D eigenvalue weighted by molar-refractivity contribution is 0.472. The lowest BCUT2D eigenvalue weighted by Crippen LogP contribution is -1.75. The van der Waals surface area contributed by atoms with Gasteiger partial charge in [-0.2, -0.15) is 0 Å². The molecule has 64 valence electrons. The zero-order valence-electron chi connectivity index (χ0n) is 6.30. The zero-order chi connectivity index (χ0) is 8.97. The van der Waals surface area contributed by atoms with Crippen LogP contribution in [0, 0.1) is 0 Å². The first kappa shape index (κ1) is 9.81. The van der Waals surface area contributed by atoms with Gasteiger partial charge in [-0.15, -0.1) is 0 Å². The van der Waals surface area contributed by atoms with Gasteiger partial charge < -0.3 is 5.11 Å². The topological polar surface area (TPSA) is 20.2 Å². The third-order valence-corrected chi connectivity index (χ3v) is 2.63. The van der Waals surface area contributed by atoms with Crippen molar-refractivity contribution in [3.05, 3.63) is 34.3 Å². The molecule has 1 aromatic rings. The van der Waals surface area contributed by atoms with E-state index in [0.29, 0.717) is 0 Å². The van der Waals surface area contributed by atoms with Crippen molar-refractivity contribution in [1.29, 1.82) is 0 Å². The molecular formula is C9H8Br2O. The maximum atomic E-state index is 9.31. The number of phenolic OH excluding ortho intramolecular Hbond substituents is 1. The van der Waals surface area contributed by atoms with E-state index in [-0.39, 0.29) is 5.75 Å². The average molecular weight is 292 g/mol. The Kier molecular flexibility index (Phi) is 3.82. The number of allylic oxidation sites excluding steroid dienone is 1. The van der Waals surface area contributed by atoms with Gasteiger partial charge in [0.1, 0.15) is 5.75 Å². The molecular weight excluding hydrogens is 284 g/mol. The van der Waals surface area contributed by atoms with Gasteiger partial charge in [-0.25, -0.2) is 0 Å². The fraction of sp³-hybridized carbons (Fsp3) is 0.111. The van der Waals surface area contributed by atoms with Gasteiger partial charge >= 0.3 is 0 Å². The van der Waals surface area contributed by atoms with Crippen LogP contribution < -0.4 is 0 Å². The minimum absolute atomic E-state index is 0.270. The van der Waals surface area contributed by atoms with E-state index in [4.69, 9.17) is 0 Å². The van der Waals surface area contributed by atoms with E-state index >= 15 is 0 Å². The van der Waals surface area contributed by atoms with Gasteiger partial charge in [0.05, 0.1) is 4.47 Å². The van der Waals surface area contributed by atoms with Gasteiger partial charge in [0, 0.05) is 5.33 Å². The normalized spacial score (nSPS) is 10.8. The van der Waals surface area contributed by atoms with E-state index in [9.17, 15) is 5.11 Å². The van der Waals surface area contributed by atoms with Crippen molar-refractivity contribution in [3.8, 4) is 5.75 Å². The van der Waals surface area contributed by atoms with Crippen LogP contribution in [0.25, 0.3) is 6.08 Å². The molecule has 0 heterocycles. The van der Waals surface area contributed by atoms with Crippen molar-refractivity contribution in [3.63, 3.8) is 0 Å². The highest BCUT2D eigenvalue weighted by Crippen LogP contribution is 2.27. The largest absolute Gasteiger partial charge is 0.507 e. The Hall–Kier alpha value is -0.280. The lowest BCUT2D eigenvalue weighted by Gasteiger charge is -1.99. The summed E-state index contributed by atoms with van der Waals surface area (Å²) in [7, 11) is 0. The molecule has 0 amide bonds. The van der Waals surface area contributed by atoms with Gasteiger partial charge in [0.15, 0.2) is 0 Å². The molecule has 12 heavy (non-hydrogen) atoms. The summed E-state index contributed by atoms with van der Waals surface area (Å²) in [4.78, 5) is 0. The number of alkyl halides is 1. The van der Waals surface area contributed by atoms with Crippen LogP contribution in [0.1, 0.15) is 5.56 Å². The molecule has 0 atom stereocenters. The van der Waals surface area contributed by atoms with E-state index in [1.165, 1.54) is 0 Å². The second-order valence-electron chi connectivity index (χ2n) is 2.24. The Bertz CT molecular complexity index is 295. The second kappa shape index (κ2) is 4.67. The minimum atomic E-state index is 0.270. The highest BCUT2D eigenvalue weighted by molar-refractivity contribution is 9.10. The molecule has 0 aliphatic carbocycles. The SMILES string of the molecule is Oc1cccc(C=CCBr)c1Br. The Morgan fingerprint density at radius 2 is 2.17 bits per heavy atom. The van der Waals surface area contributed by atoms with Crippen LogP contribution >= 0.6 is 31.9 Å². The number of hydrogen-bond acceptors (Lipinski definition) is 1. The Morgan fingerprint density at radius 1 is 1.42 bits per heavy atom. The highest BCUT2D eigenvalue weighted by atomic mass is 79.9. The third kappa shape index (κ3) is 2.35. The Balaban J connectivity index is 3.00. The van der Waals surface area contributed by atoms with Crippen LogP contribution in [-0.4, -0.2) is 10.4 Å². The zero-order valence-corrected chi connectivity index (χ0v) is 9.47. The van der Waals surface area contributed by atoms with Crippen molar-refractivity contribution in [2.24, 2.45) is 0 Å². The standard InChI is InChI=1S/C9H8Br2O/c10-6-2-4-7-3-1-5-8(12)9(7)11/h1-5,12H,6H2. The van der Waals surface area contributed by atoms with Crippen LogP contribution in [0.3, 0.4) is 0 Å². The van der Waals surface area contributed by atoms with Crippen molar-refractivity contribution in [2.75, 3.05) is 5.33 Å². The van der Waals surface area contributed by atoms with E-state index in [2.05, 4.69) is 31.9 Å². The summed E-state index contributed by atoms with van der Waals surface area (Å²) in [6.45, 7) is 0. The fourth-order valence-corrected chi connectivity index (χ4v) is 1.42. The molecule has 1 nitrogen and oxygen atoms in total. The predicted molar refractivity (Wildman–Crippen MR) is 58.6 cm³/mol. The monoisotopic (exact) mass is 290 g/mol. The highest BCUT2D eigenvalue weighted by Gasteiger charge is 1.99. The molecule has 0 saturated carbocycles. The number of hydrogen-bond donors (Lipinski definition) is 1. The van der Waals surface area contributed by atoms with E-state index < -0.39 is 0 Å². The summed E-state index contributed by atoms with van der Waals surface area (Å²) >= 11 is 6.58. The van der Waals surface area contributed by atoms with Crippen LogP contribution in [0.2, 0.25) is 0 Å². The summed E-state index contributed by atoms with van der Waals surface area (Å²) in [5.41, 5.74) is 0.981. The van der Waals surface area contributed by atoms with Crippen LogP contribution in [0.4, 0.5) is 0 Å². The molecule has 3 heteroatoms. The second-order valence-corrected chi connectivity index (χ2v) is 3.68. The molecule has 1 aromatic carbocycles. The molecule has 1 N–H and O–H groups in total. The molecule has 0 unspecified atom stereocenters. The van der Waals surface area contributed by atoms with Crippen LogP contribution in [0.5, 0.6) is 5.75 Å². The first-order valence-corrected chi connectivity index (χ1v) is 5.37. The smallest absolute Gasteiger partial charge is 0.130 e. The molecule has 0 fully saturated rings. The summed E-state index contributed by atoms with van der Waals surface area (Å²) in [6, 6.07) is 5.40. The lowest BCUT2D eigenvalue weighted by atomic mass is 10.2. The molecule has 1 rings (SSSR count). The number of phenols is 1. The van der Waals surface area contributed by atoms with Gasteiger partial charge in [0.25, 0.3) is 0 Å². The number of benzene rings is 1. The summed E-state index contributed by atoms with van der Waals surface area (Å²) < 4.78 is 0.738. The minimum Gasteiger partial charge on any atom is -0.507 e. The maximum Gasteiger partial charge on any atom is 0.130 e. The summed E-state index contributed by atoms with van der Waals surface area (Å²) in [5.74, 6) is 0.270. The van der Waals surface area contributed by atoms with E-state index in [1.54, 1.807) is 6.07 Å². The number of aromatic hydroxyl groups is 1. The number of halogens is 2. The van der Waals surface area contributed by atoms with Crippen LogP contribution in [0.15, 0.2) is 28.7 Å². The molecule has 0 aromatic heterocycles. The molecule has 0 aliphatic heterocycles. The summed E-state index contributed by atoms with van der Waals surface area (Å²) in [6.07, 6.45) is 3.91. The average Bonchev–Trinajstić information content (AvgIpc) is 2.08. The van der Waals surface area contributed by atoms with Crippen molar-refractivity contribution in [1.82, 2.24) is 0 Å². The van der Waals surface area contributed by atoms with E-state index in [0.717, 1.165) is 15.4 Å². The first-order chi connectivity index (χ1) is 5.75. The number of rotatable bonds is 2. The van der Waals surface area contributed by atoms with Crippen LogP contribution in [-0.2, 0) is 0 Å². The third-order valence-electron chi connectivity index (χ3n) is 1.39. The molecule has 0 spiro atoms. The van der Waals surface area contributed by atoms with Gasteiger partial charge in [0.2, 0.25) is 0 Å². The maximum absolute atomic E-state index is 9.31. The van der Waals surface area contributed by atoms with Gasteiger partial charge in [-0.3, -0.25) is 0 Å². The van der Waals surface area contributed by atoms with Gasteiger partial charge in [-0.05, 0) is 27.6 Å². The quantitative estimate of drug-likeness (QED) is 0.826. The molecule has 0 aliphatic rings. The fourth-order valence-electron chi connectivity index (χ4n) is 0.837. The van der Waals surface area contributed by atoms with Crippen molar-refractivity contribution < 1.29 is 5.11 Å².